The van der Waals surface area contributed by atoms with E-state index in [4.69, 9.17) is 14.2 Å². The van der Waals surface area contributed by atoms with Gasteiger partial charge in [-0.25, -0.2) is 0 Å². The highest BCUT2D eigenvalue weighted by atomic mass is 16.5. The van der Waals surface area contributed by atoms with Crippen LogP contribution >= 0.6 is 0 Å². The van der Waals surface area contributed by atoms with Gasteiger partial charge in [0.15, 0.2) is 11.5 Å². The number of piperazine rings is 1. The minimum atomic E-state index is 0.140. The van der Waals surface area contributed by atoms with Crippen molar-refractivity contribution in [2.45, 2.75) is 6.04 Å². The second-order valence-corrected chi connectivity index (χ2v) is 4.93. The Morgan fingerprint density at radius 2 is 1.67 bits per heavy atom. The molecule has 1 fully saturated rings. The molecule has 1 aliphatic heterocycles. The topological polar surface area (TPSA) is 43.0 Å². The Kier molecular flexibility index (Phi) is 5.47. The van der Waals surface area contributed by atoms with E-state index in [9.17, 15) is 0 Å². The minimum absolute atomic E-state index is 0.140. The summed E-state index contributed by atoms with van der Waals surface area (Å²) in [6.45, 7) is 7.97. The number of benzene rings is 1. The molecule has 1 aromatic rings. The van der Waals surface area contributed by atoms with Crippen molar-refractivity contribution >= 4 is 0 Å². The van der Waals surface area contributed by atoms with Gasteiger partial charge in [-0.2, -0.15) is 0 Å². The summed E-state index contributed by atoms with van der Waals surface area (Å²) in [5, 5.41) is 3.36. The lowest BCUT2D eigenvalue weighted by atomic mass is 10.0. The molecule has 0 spiro atoms. The molecule has 1 heterocycles. The van der Waals surface area contributed by atoms with Crippen molar-refractivity contribution in [3.8, 4) is 17.2 Å². The van der Waals surface area contributed by atoms with Crippen LogP contribution in [0.2, 0.25) is 0 Å². The minimum Gasteiger partial charge on any atom is -0.493 e. The first-order chi connectivity index (χ1) is 10.2. The van der Waals surface area contributed by atoms with Crippen molar-refractivity contribution < 1.29 is 14.2 Å². The number of rotatable bonds is 6. The van der Waals surface area contributed by atoms with E-state index in [0.29, 0.717) is 17.2 Å². The largest absolute Gasteiger partial charge is 0.493 e. The molecule has 0 aliphatic carbocycles. The van der Waals surface area contributed by atoms with Crippen LogP contribution in [0.25, 0.3) is 0 Å². The molecule has 0 aromatic heterocycles. The fourth-order valence-corrected chi connectivity index (χ4v) is 2.73. The third kappa shape index (κ3) is 3.31. The van der Waals surface area contributed by atoms with Gasteiger partial charge in [0.1, 0.15) is 0 Å². The van der Waals surface area contributed by atoms with Crippen LogP contribution in [0.4, 0.5) is 0 Å². The lowest BCUT2D eigenvalue weighted by molar-refractivity contribution is 0.202. The van der Waals surface area contributed by atoms with Crippen LogP contribution in [0.15, 0.2) is 24.8 Å². The van der Waals surface area contributed by atoms with E-state index < -0.39 is 0 Å². The molecule has 0 amide bonds. The summed E-state index contributed by atoms with van der Waals surface area (Å²) in [7, 11) is 4.88. The van der Waals surface area contributed by atoms with Crippen molar-refractivity contribution in [2.24, 2.45) is 0 Å². The molecule has 1 N–H and O–H groups in total. The van der Waals surface area contributed by atoms with E-state index in [1.807, 2.05) is 18.2 Å². The molecule has 1 saturated heterocycles. The summed E-state index contributed by atoms with van der Waals surface area (Å²) in [4.78, 5) is 2.39. The normalized spacial score (nSPS) is 17.1. The summed E-state index contributed by atoms with van der Waals surface area (Å²) < 4.78 is 16.2. The third-order valence-corrected chi connectivity index (χ3v) is 3.80. The average Bonchev–Trinajstić information content (AvgIpc) is 2.55. The molecule has 5 heteroatoms. The second-order valence-electron chi connectivity index (χ2n) is 4.93. The molecule has 0 radical (unpaired) electrons. The summed E-state index contributed by atoms with van der Waals surface area (Å²) in [5.74, 6) is 1.97. The van der Waals surface area contributed by atoms with E-state index >= 15 is 0 Å². The Hall–Kier alpha value is -1.72. The van der Waals surface area contributed by atoms with E-state index in [-0.39, 0.29) is 6.04 Å². The van der Waals surface area contributed by atoms with Gasteiger partial charge in [-0.1, -0.05) is 6.08 Å². The van der Waals surface area contributed by atoms with Crippen molar-refractivity contribution in [1.29, 1.82) is 0 Å². The highest BCUT2D eigenvalue weighted by Crippen LogP contribution is 2.40. The first-order valence-electron chi connectivity index (χ1n) is 7.12. The highest BCUT2D eigenvalue weighted by Gasteiger charge is 2.22. The predicted molar refractivity (Wildman–Crippen MR) is 83.5 cm³/mol. The smallest absolute Gasteiger partial charge is 0.203 e. The number of hydrogen-bond donors (Lipinski definition) is 1. The van der Waals surface area contributed by atoms with Gasteiger partial charge in [0, 0.05) is 26.2 Å². The Morgan fingerprint density at radius 3 is 2.10 bits per heavy atom. The van der Waals surface area contributed by atoms with Gasteiger partial charge in [0.05, 0.1) is 27.4 Å². The highest BCUT2D eigenvalue weighted by molar-refractivity contribution is 5.54. The Balaban J connectivity index is 2.38. The van der Waals surface area contributed by atoms with Gasteiger partial charge < -0.3 is 19.5 Å². The summed E-state index contributed by atoms with van der Waals surface area (Å²) >= 11 is 0. The first-order valence-corrected chi connectivity index (χ1v) is 7.12. The molecule has 1 aliphatic rings. The SMILES string of the molecule is C=C[C@H](c1cc(OC)c(OC)c(OC)c1)N1CCNCC1. The van der Waals surface area contributed by atoms with E-state index in [2.05, 4.69) is 16.8 Å². The number of ether oxygens (including phenoxy) is 3. The maximum absolute atomic E-state index is 5.43. The monoisotopic (exact) mass is 292 g/mol. The maximum Gasteiger partial charge on any atom is 0.203 e. The Morgan fingerprint density at radius 1 is 1.10 bits per heavy atom. The molecule has 21 heavy (non-hydrogen) atoms. The molecule has 1 atom stereocenters. The fraction of sp³-hybridized carbons (Fsp3) is 0.500. The summed E-state index contributed by atoms with van der Waals surface area (Å²) in [6, 6.07) is 4.13. The van der Waals surface area contributed by atoms with Crippen LogP contribution in [0.1, 0.15) is 11.6 Å². The van der Waals surface area contributed by atoms with Crippen LogP contribution in [-0.4, -0.2) is 52.4 Å². The number of methoxy groups -OCH3 is 3. The van der Waals surface area contributed by atoms with Crippen molar-refractivity contribution in [1.82, 2.24) is 10.2 Å². The summed E-state index contributed by atoms with van der Waals surface area (Å²) in [5.41, 5.74) is 1.10. The number of nitrogens with one attached hydrogen (secondary N) is 1. The third-order valence-electron chi connectivity index (χ3n) is 3.80. The van der Waals surface area contributed by atoms with Crippen LogP contribution < -0.4 is 19.5 Å². The molecule has 2 rings (SSSR count). The zero-order valence-electron chi connectivity index (χ0n) is 13.0. The zero-order chi connectivity index (χ0) is 15.2. The van der Waals surface area contributed by atoms with Gasteiger partial charge in [-0.15, -0.1) is 6.58 Å². The standard InChI is InChI=1S/C16H24N2O3/c1-5-13(18-8-6-17-7-9-18)12-10-14(19-2)16(21-4)15(11-12)20-3/h5,10-11,13,17H,1,6-9H2,2-4H3/t13-/m1/s1. The lowest BCUT2D eigenvalue weighted by Crippen LogP contribution is -2.44. The molecule has 0 unspecified atom stereocenters. The Labute approximate surface area is 126 Å². The van der Waals surface area contributed by atoms with E-state index in [1.54, 1.807) is 21.3 Å². The van der Waals surface area contributed by atoms with Gasteiger partial charge in [0.25, 0.3) is 0 Å². The Bertz CT molecular complexity index is 459. The van der Waals surface area contributed by atoms with E-state index in [1.165, 1.54) is 0 Å². The first kappa shape index (κ1) is 15.7. The molecule has 0 saturated carbocycles. The van der Waals surface area contributed by atoms with Gasteiger partial charge in [-0.05, 0) is 17.7 Å². The predicted octanol–water partition coefficient (Wildman–Crippen LogP) is 1.84. The second kappa shape index (κ2) is 7.33. The quantitative estimate of drug-likeness (QED) is 0.811. The molecule has 0 bridgehead atoms. The van der Waals surface area contributed by atoms with Crippen LogP contribution in [0, 0.1) is 0 Å². The van der Waals surface area contributed by atoms with E-state index in [0.717, 1.165) is 31.7 Å². The molecule has 5 nitrogen and oxygen atoms in total. The van der Waals surface area contributed by atoms with Crippen LogP contribution in [0.3, 0.4) is 0 Å². The van der Waals surface area contributed by atoms with Crippen molar-refractivity contribution in [3.05, 3.63) is 30.4 Å². The van der Waals surface area contributed by atoms with Crippen LogP contribution in [-0.2, 0) is 0 Å². The van der Waals surface area contributed by atoms with Crippen LogP contribution in [0.5, 0.6) is 17.2 Å². The molecule has 1 aromatic carbocycles. The number of nitrogens with zero attached hydrogens (tertiary/aromatic N) is 1. The van der Waals surface area contributed by atoms with Gasteiger partial charge in [-0.3, -0.25) is 4.90 Å². The summed E-state index contributed by atoms with van der Waals surface area (Å²) in [6.07, 6.45) is 1.96. The lowest BCUT2D eigenvalue weighted by Gasteiger charge is -2.33. The average molecular weight is 292 g/mol. The van der Waals surface area contributed by atoms with Gasteiger partial charge in [0.2, 0.25) is 5.75 Å². The van der Waals surface area contributed by atoms with Gasteiger partial charge >= 0.3 is 0 Å². The fourth-order valence-electron chi connectivity index (χ4n) is 2.73. The zero-order valence-corrected chi connectivity index (χ0v) is 13.0. The number of hydrogen-bond acceptors (Lipinski definition) is 5. The van der Waals surface area contributed by atoms with Crippen molar-refractivity contribution in [3.63, 3.8) is 0 Å². The maximum atomic E-state index is 5.43. The molecular weight excluding hydrogens is 268 g/mol. The molecule has 116 valence electrons. The van der Waals surface area contributed by atoms with Crippen molar-refractivity contribution in [2.75, 3.05) is 47.5 Å². The molecular formula is C16H24N2O3.